The second kappa shape index (κ2) is 32.8. The number of rotatable bonds is 28. The molecule has 0 bridgehead atoms. The molecule has 0 aliphatic rings. The third-order valence-corrected chi connectivity index (χ3v) is 10.4. The molecule has 0 aliphatic heterocycles. The molecule has 0 saturated carbocycles. The van der Waals surface area contributed by atoms with Gasteiger partial charge >= 0.3 is 11.8 Å². The van der Waals surface area contributed by atoms with Gasteiger partial charge in [-0.15, -0.1) is 0 Å². The summed E-state index contributed by atoms with van der Waals surface area (Å²) in [4.78, 5) is 10.9. The summed E-state index contributed by atoms with van der Waals surface area (Å²) in [7, 11) is -2.23. The van der Waals surface area contributed by atoms with Crippen LogP contribution in [0.5, 0.6) is 11.8 Å². The molecule has 2 aromatic heterocycles. The third-order valence-electron chi connectivity index (χ3n) is 10.4. The van der Waals surface area contributed by atoms with Crippen molar-refractivity contribution in [2.45, 2.75) is 123 Å². The number of hydrogen-bond acceptors (Lipinski definition) is 7. The van der Waals surface area contributed by atoms with Crippen molar-refractivity contribution in [2.24, 2.45) is 0 Å². The number of unbranched alkanes of at least 4 members (excludes halogenated alkanes) is 10. The van der Waals surface area contributed by atoms with Crippen molar-refractivity contribution in [1.29, 1.82) is 0 Å². The van der Waals surface area contributed by atoms with Gasteiger partial charge in [0.05, 0.1) is 32.7 Å². The molecule has 5 aromatic rings. The van der Waals surface area contributed by atoms with E-state index in [0.717, 1.165) is 44.2 Å². The van der Waals surface area contributed by atoms with Crippen LogP contribution in [0.25, 0.3) is 0 Å². The van der Waals surface area contributed by atoms with E-state index in [0.29, 0.717) is 19.6 Å². The topological polar surface area (TPSA) is 100 Å². The van der Waals surface area contributed by atoms with Crippen molar-refractivity contribution in [3.05, 3.63) is 156 Å². The minimum absolute atomic E-state index is 0.159. The number of aromatic nitrogens is 2. The number of hydrogen-bond donors (Lipinski definition) is 0. The third kappa shape index (κ3) is 19.4. The summed E-state index contributed by atoms with van der Waals surface area (Å²) in [6.07, 6.45) is 20.5. The minimum atomic E-state index is -2.23. The van der Waals surface area contributed by atoms with Gasteiger partial charge in [0.25, 0.3) is 0 Å². The van der Waals surface area contributed by atoms with Crippen LogP contribution >= 0.6 is 0 Å². The number of nitrogens with zero attached hydrogens (tertiary/aromatic N) is 2. The molecule has 0 fully saturated rings. The van der Waals surface area contributed by atoms with Crippen molar-refractivity contribution in [2.75, 3.05) is 33.0 Å². The molecular weight excluding hydrogens is 775 g/mol. The van der Waals surface area contributed by atoms with Gasteiger partial charge in [-0.05, 0) is 68.4 Å². The van der Waals surface area contributed by atoms with E-state index in [-0.39, 0.29) is 12.0 Å². The average molecular weight is 849 g/mol. The Morgan fingerprint density at radius 2 is 0.806 bits per heavy atom. The van der Waals surface area contributed by atoms with Crippen LogP contribution in [0.3, 0.4) is 0 Å². The molecule has 0 N–H and O–H groups in total. The number of pyridine rings is 2. The summed E-state index contributed by atoms with van der Waals surface area (Å²) >= 11 is 0. The van der Waals surface area contributed by atoms with Gasteiger partial charge in [0.2, 0.25) is 12.4 Å². The van der Waals surface area contributed by atoms with Gasteiger partial charge in [0.15, 0.2) is 13.2 Å². The van der Waals surface area contributed by atoms with E-state index in [1.807, 2.05) is 117 Å². The van der Waals surface area contributed by atoms with Crippen LogP contribution in [0, 0.1) is 0 Å². The molecule has 336 valence electrons. The maximum absolute atomic E-state index is 10.7. The lowest BCUT2D eigenvalue weighted by Gasteiger charge is -2.37. The van der Waals surface area contributed by atoms with Crippen LogP contribution < -0.4 is 38.7 Å². The fraction of sp³-hybridized carbons (Fsp3) is 0.462. The molecular formula is C52H73BN2O7. The highest BCUT2D eigenvalue weighted by Gasteiger charge is 2.35. The van der Waals surface area contributed by atoms with Gasteiger partial charge in [0, 0.05) is 33.6 Å². The molecule has 0 aliphatic carbocycles. The summed E-state index contributed by atoms with van der Waals surface area (Å²) in [5.41, 5.74) is 3.17. The normalized spacial score (nSPS) is 10.7. The van der Waals surface area contributed by atoms with Crippen molar-refractivity contribution >= 4 is 7.32 Å². The Morgan fingerprint density at radius 1 is 0.435 bits per heavy atom. The summed E-state index contributed by atoms with van der Waals surface area (Å²) in [6, 6.07) is 42.7. The van der Waals surface area contributed by atoms with E-state index in [1.54, 1.807) is 9.46 Å². The van der Waals surface area contributed by atoms with E-state index in [1.165, 1.54) is 80.9 Å². The van der Waals surface area contributed by atoms with Gasteiger partial charge in [-0.1, -0.05) is 169 Å². The summed E-state index contributed by atoms with van der Waals surface area (Å²) < 4.78 is 19.6. The van der Waals surface area contributed by atoms with Gasteiger partial charge in [-0.25, -0.2) is 0 Å². The van der Waals surface area contributed by atoms with E-state index < -0.39 is 7.32 Å². The van der Waals surface area contributed by atoms with Crippen molar-refractivity contribution in [1.82, 2.24) is 0 Å². The van der Waals surface area contributed by atoms with Crippen LogP contribution in [0.15, 0.2) is 140 Å². The van der Waals surface area contributed by atoms with E-state index in [2.05, 4.69) is 50.2 Å². The zero-order valence-electron chi connectivity index (χ0n) is 38.0. The highest BCUT2D eigenvalue weighted by molar-refractivity contribution is 6.28. The van der Waals surface area contributed by atoms with Gasteiger partial charge < -0.3 is 24.2 Å². The fourth-order valence-corrected chi connectivity index (χ4v) is 7.28. The largest absolute Gasteiger partial charge is 0.871 e. The molecule has 0 amide bonds. The molecule has 62 heavy (non-hydrogen) atoms. The fourth-order valence-electron chi connectivity index (χ4n) is 7.28. The second-order valence-corrected chi connectivity index (χ2v) is 15.1. The minimum Gasteiger partial charge on any atom is -0.871 e. The van der Waals surface area contributed by atoms with E-state index >= 15 is 0 Å². The Hall–Kier alpha value is -4.90. The molecule has 10 heteroatoms. The zero-order chi connectivity index (χ0) is 44.4. The molecule has 9 nitrogen and oxygen atoms in total. The first-order valence-electron chi connectivity index (χ1n) is 23.1. The Morgan fingerprint density at radius 3 is 1.18 bits per heavy atom. The van der Waals surface area contributed by atoms with Gasteiger partial charge in [-0.3, -0.25) is 9.68 Å². The Labute approximate surface area is 373 Å². The first-order valence-corrected chi connectivity index (χ1v) is 23.1. The SMILES string of the molecule is CCCCCCCCOc1cccc[n+]1OCC.CCCCCCCCOc1cccc[n+]1OCC.[O-]B([O-])OCCCC(c1ccccc1)(c1ccccc1)c1ccccc1. The molecule has 0 unspecified atom stereocenters. The molecule has 5 rings (SSSR count). The zero-order valence-corrected chi connectivity index (χ0v) is 38.0. The lowest BCUT2D eigenvalue weighted by molar-refractivity contribution is -0.892. The lowest BCUT2D eigenvalue weighted by Crippen LogP contribution is -2.48. The molecule has 2 heterocycles. The second-order valence-electron chi connectivity index (χ2n) is 15.1. The Balaban J connectivity index is 0.000000255. The predicted molar refractivity (Wildman–Crippen MR) is 245 cm³/mol. The quantitative estimate of drug-likeness (QED) is 0.0215. The van der Waals surface area contributed by atoms with Crippen molar-refractivity contribution in [3.63, 3.8) is 0 Å². The standard InChI is InChI=1S/C22H21BO3.2C15H26NO2/c24-23(25)26-18-10-17-22(19-11-4-1-5-12-19,20-13-6-2-7-14-20)21-15-8-3-9-16-21;2*1-3-5-6-7-8-11-14-17-15-12-9-10-13-16(15)18-4-2/h1-9,11-16H,10,17-18H2;2*9-10,12-13H,3-8,11,14H2,1-2H3/q-2;2*+1. The van der Waals surface area contributed by atoms with Crippen LogP contribution in [-0.2, 0) is 10.1 Å². The van der Waals surface area contributed by atoms with Crippen LogP contribution in [-0.4, -0.2) is 40.4 Å². The molecule has 0 saturated heterocycles. The van der Waals surface area contributed by atoms with E-state index in [9.17, 15) is 10.0 Å². The summed E-state index contributed by atoms with van der Waals surface area (Å²) in [5, 5.41) is 21.4. The van der Waals surface area contributed by atoms with Crippen LogP contribution in [0.4, 0.5) is 0 Å². The maximum atomic E-state index is 10.7. The predicted octanol–water partition coefficient (Wildman–Crippen LogP) is 8.85. The molecule has 0 atom stereocenters. The van der Waals surface area contributed by atoms with E-state index in [4.69, 9.17) is 23.8 Å². The first-order chi connectivity index (χ1) is 30.5. The summed E-state index contributed by atoms with van der Waals surface area (Å²) in [6.45, 7) is 11.4. The molecule has 3 aromatic carbocycles. The Kier molecular flexibility index (Phi) is 27.2. The monoisotopic (exact) mass is 849 g/mol. The highest BCUT2D eigenvalue weighted by atomic mass is 16.7. The average Bonchev–Trinajstić information content (AvgIpc) is 3.31. The number of ether oxygens (including phenoxy) is 2. The smallest absolute Gasteiger partial charge is 0.416 e. The van der Waals surface area contributed by atoms with Gasteiger partial charge in [0.1, 0.15) is 0 Å². The highest BCUT2D eigenvalue weighted by Crippen LogP contribution is 2.43. The van der Waals surface area contributed by atoms with Crippen LogP contribution in [0.1, 0.15) is 134 Å². The first kappa shape index (κ1) is 51.5. The lowest BCUT2D eigenvalue weighted by atomic mass is 9.67. The maximum Gasteiger partial charge on any atom is 0.416 e. The van der Waals surface area contributed by atoms with Crippen molar-refractivity contribution < 1.29 is 43.3 Å². The van der Waals surface area contributed by atoms with Crippen LogP contribution in [0.2, 0.25) is 0 Å². The summed E-state index contributed by atoms with van der Waals surface area (Å²) in [5.74, 6) is 1.57. The molecule has 0 radical (unpaired) electrons. The van der Waals surface area contributed by atoms with Gasteiger partial charge in [-0.2, -0.15) is 0 Å². The van der Waals surface area contributed by atoms with Crippen molar-refractivity contribution in [3.8, 4) is 11.8 Å². The number of benzene rings is 3. The molecule has 0 spiro atoms. The Bertz CT molecular complexity index is 1640.